The Bertz CT molecular complexity index is 736. The second-order valence-corrected chi connectivity index (χ2v) is 5.14. The lowest BCUT2D eigenvalue weighted by molar-refractivity contribution is 0.0745. The number of anilines is 1. The van der Waals surface area contributed by atoms with Crippen molar-refractivity contribution in [3.05, 3.63) is 64.3 Å². The number of carbonyl (C=O) groups excluding carboxylic acids is 1. The molecule has 0 radical (unpaired) electrons. The first-order valence-electron chi connectivity index (χ1n) is 7.13. The minimum atomic E-state index is -0.385. The molecule has 1 aromatic heterocycles. The van der Waals surface area contributed by atoms with Gasteiger partial charge in [0.15, 0.2) is 0 Å². The molecular formula is C16H16FN3O2. The molecule has 5 nitrogen and oxygen atoms in total. The van der Waals surface area contributed by atoms with Gasteiger partial charge in [0.25, 0.3) is 11.5 Å². The summed E-state index contributed by atoms with van der Waals surface area (Å²) in [6.07, 6.45) is 1.50. The predicted molar refractivity (Wildman–Crippen MR) is 81.6 cm³/mol. The molecule has 1 aromatic carbocycles. The number of halogens is 1. The molecule has 1 aliphatic rings. The Labute approximate surface area is 127 Å². The first-order valence-corrected chi connectivity index (χ1v) is 7.13. The molecule has 2 heterocycles. The van der Waals surface area contributed by atoms with Crippen LogP contribution < -0.4 is 10.5 Å². The van der Waals surface area contributed by atoms with E-state index < -0.39 is 0 Å². The zero-order valence-electron chi connectivity index (χ0n) is 12.0. The van der Waals surface area contributed by atoms with Crippen LogP contribution in [0.4, 0.5) is 10.1 Å². The van der Waals surface area contributed by atoms with Crippen LogP contribution >= 0.6 is 0 Å². The van der Waals surface area contributed by atoms with Crippen LogP contribution in [0.2, 0.25) is 0 Å². The van der Waals surface area contributed by atoms with Crippen LogP contribution in [0.3, 0.4) is 0 Å². The van der Waals surface area contributed by atoms with Crippen molar-refractivity contribution in [2.45, 2.75) is 0 Å². The summed E-state index contributed by atoms with van der Waals surface area (Å²) in [7, 11) is 0. The Hall–Kier alpha value is -2.63. The highest BCUT2D eigenvalue weighted by atomic mass is 19.1. The quantitative estimate of drug-likeness (QED) is 0.914. The zero-order chi connectivity index (χ0) is 15.5. The zero-order valence-corrected chi connectivity index (χ0v) is 12.0. The van der Waals surface area contributed by atoms with E-state index in [1.807, 2.05) is 4.90 Å². The van der Waals surface area contributed by atoms with Gasteiger partial charge in [-0.2, -0.15) is 0 Å². The molecule has 1 amide bonds. The fraction of sp³-hybridized carbons (Fsp3) is 0.250. The van der Waals surface area contributed by atoms with Crippen LogP contribution in [0.15, 0.2) is 47.4 Å². The van der Waals surface area contributed by atoms with Crippen LogP contribution in [0.25, 0.3) is 0 Å². The monoisotopic (exact) mass is 301 g/mol. The van der Waals surface area contributed by atoms with Crippen molar-refractivity contribution >= 4 is 11.6 Å². The Balaban J connectivity index is 1.70. The molecule has 1 saturated heterocycles. The van der Waals surface area contributed by atoms with Gasteiger partial charge in [0, 0.05) is 32.4 Å². The van der Waals surface area contributed by atoms with Gasteiger partial charge in [-0.1, -0.05) is 12.1 Å². The number of benzene rings is 1. The van der Waals surface area contributed by atoms with E-state index >= 15 is 0 Å². The summed E-state index contributed by atoms with van der Waals surface area (Å²) in [5.41, 5.74) is 0.304. The first kappa shape index (κ1) is 14.3. The molecule has 0 spiro atoms. The second kappa shape index (κ2) is 6.01. The highest BCUT2D eigenvalue weighted by Crippen LogP contribution is 2.20. The fourth-order valence-corrected chi connectivity index (χ4v) is 2.62. The molecule has 6 heteroatoms. The van der Waals surface area contributed by atoms with Gasteiger partial charge >= 0.3 is 0 Å². The van der Waals surface area contributed by atoms with E-state index in [0.29, 0.717) is 31.9 Å². The van der Waals surface area contributed by atoms with Crippen molar-refractivity contribution in [2.24, 2.45) is 0 Å². The molecule has 2 aromatic rings. The lowest BCUT2D eigenvalue weighted by Gasteiger charge is -2.36. The van der Waals surface area contributed by atoms with Gasteiger partial charge in [0.2, 0.25) is 0 Å². The fourth-order valence-electron chi connectivity index (χ4n) is 2.62. The van der Waals surface area contributed by atoms with Crippen molar-refractivity contribution in [2.75, 3.05) is 31.1 Å². The molecule has 1 fully saturated rings. The number of nitrogens with one attached hydrogen (secondary N) is 1. The summed E-state index contributed by atoms with van der Waals surface area (Å²) < 4.78 is 13.8. The number of aromatic amines is 1. The maximum absolute atomic E-state index is 13.8. The number of hydrogen-bond donors (Lipinski definition) is 1. The van der Waals surface area contributed by atoms with Crippen molar-refractivity contribution in [1.82, 2.24) is 9.88 Å². The molecule has 0 atom stereocenters. The number of pyridine rings is 1. The number of nitrogens with zero attached hydrogens (tertiary/aromatic N) is 2. The average molecular weight is 301 g/mol. The minimum Gasteiger partial charge on any atom is -0.366 e. The normalized spacial score (nSPS) is 15.0. The molecule has 1 N–H and O–H groups in total. The summed E-state index contributed by atoms with van der Waals surface area (Å²) in [6, 6.07) is 9.75. The van der Waals surface area contributed by atoms with E-state index in [4.69, 9.17) is 0 Å². The highest BCUT2D eigenvalue weighted by Gasteiger charge is 2.24. The predicted octanol–water partition coefficient (Wildman–Crippen LogP) is 1.48. The van der Waals surface area contributed by atoms with Crippen molar-refractivity contribution in [3.63, 3.8) is 0 Å². The van der Waals surface area contributed by atoms with Crippen LogP contribution in [-0.4, -0.2) is 42.0 Å². The van der Waals surface area contributed by atoms with Crippen LogP contribution in [0.5, 0.6) is 0 Å². The Morgan fingerprint density at radius 2 is 1.77 bits per heavy atom. The van der Waals surface area contributed by atoms with E-state index in [-0.39, 0.29) is 22.8 Å². The summed E-state index contributed by atoms with van der Waals surface area (Å²) in [4.78, 5) is 30.1. The van der Waals surface area contributed by atoms with Crippen molar-refractivity contribution < 1.29 is 9.18 Å². The van der Waals surface area contributed by atoms with E-state index in [2.05, 4.69) is 4.98 Å². The Kier molecular flexibility index (Phi) is 3.91. The number of piperazine rings is 1. The van der Waals surface area contributed by atoms with Crippen molar-refractivity contribution in [1.29, 1.82) is 0 Å². The van der Waals surface area contributed by atoms with Gasteiger partial charge in [-0.05, 0) is 24.3 Å². The molecule has 0 aliphatic carbocycles. The molecule has 0 saturated carbocycles. The summed E-state index contributed by atoms with van der Waals surface area (Å²) >= 11 is 0. The molecule has 0 unspecified atom stereocenters. The third-order valence-corrected chi connectivity index (χ3v) is 3.81. The maximum atomic E-state index is 13.8. The molecule has 3 rings (SSSR count). The van der Waals surface area contributed by atoms with Gasteiger partial charge < -0.3 is 14.8 Å². The summed E-state index contributed by atoms with van der Waals surface area (Å²) in [6.45, 7) is 2.00. The lowest BCUT2D eigenvalue weighted by Crippen LogP contribution is -2.49. The van der Waals surface area contributed by atoms with E-state index in [9.17, 15) is 14.0 Å². The molecule has 22 heavy (non-hydrogen) atoms. The Morgan fingerprint density at radius 1 is 1.05 bits per heavy atom. The van der Waals surface area contributed by atoms with Gasteiger partial charge in [0.1, 0.15) is 11.4 Å². The second-order valence-electron chi connectivity index (χ2n) is 5.14. The standard InChI is InChI=1S/C16H16FN3O2/c17-13-5-1-2-6-14(13)19-8-10-20(11-9-19)16(22)12-4-3-7-18-15(12)21/h1-7H,8-11H2,(H,18,21). The molecule has 0 bridgehead atoms. The average Bonchev–Trinajstić information content (AvgIpc) is 2.55. The highest BCUT2D eigenvalue weighted by molar-refractivity contribution is 5.94. The van der Waals surface area contributed by atoms with Crippen LogP contribution in [-0.2, 0) is 0 Å². The number of hydrogen-bond acceptors (Lipinski definition) is 3. The number of para-hydroxylation sites is 1. The number of rotatable bonds is 2. The van der Waals surface area contributed by atoms with E-state index in [0.717, 1.165) is 0 Å². The third-order valence-electron chi connectivity index (χ3n) is 3.81. The SMILES string of the molecule is O=C(c1ccc[nH]c1=O)N1CCN(c2ccccc2F)CC1. The van der Waals surface area contributed by atoms with Gasteiger partial charge in [-0.3, -0.25) is 9.59 Å². The van der Waals surface area contributed by atoms with E-state index in [1.54, 1.807) is 29.2 Å². The maximum Gasteiger partial charge on any atom is 0.260 e. The minimum absolute atomic E-state index is 0.141. The number of carbonyl (C=O) groups is 1. The van der Waals surface area contributed by atoms with E-state index in [1.165, 1.54) is 18.3 Å². The number of H-pyrrole nitrogens is 1. The smallest absolute Gasteiger partial charge is 0.260 e. The molecular weight excluding hydrogens is 285 g/mol. The lowest BCUT2D eigenvalue weighted by atomic mass is 10.2. The van der Waals surface area contributed by atoms with Crippen LogP contribution in [0.1, 0.15) is 10.4 Å². The molecule has 114 valence electrons. The Morgan fingerprint density at radius 3 is 2.45 bits per heavy atom. The number of aromatic nitrogens is 1. The molecule has 1 aliphatic heterocycles. The number of amides is 1. The van der Waals surface area contributed by atoms with Gasteiger partial charge in [-0.25, -0.2) is 4.39 Å². The summed E-state index contributed by atoms with van der Waals surface area (Å²) in [5, 5.41) is 0. The first-order chi connectivity index (χ1) is 10.7. The topological polar surface area (TPSA) is 56.4 Å². The van der Waals surface area contributed by atoms with Gasteiger partial charge in [-0.15, -0.1) is 0 Å². The third kappa shape index (κ3) is 2.72. The largest absolute Gasteiger partial charge is 0.366 e. The van der Waals surface area contributed by atoms with Crippen LogP contribution in [0, 0.1) is 5.82 Å². The summed E-state index contributed by atoms with van der Waals surface area (Å²) in [5.74, 6) is -0.545. The van der Waals surface area contributed by atoms with Gasteiger partial charge in [0.05, 0.1) is 5.69 Å². The van der Waals surface area contributed by atoms with Crippen molar-refractivity contribution in [3.8, 4) is 0 Å².